The largest absolute Gasteiger partial charge is 0.387 e. The quantitative estimate of drug-likeness (QED) is 0.912. The second-order valence-corrected chi connectivity index (χ2v) is 8.30. The maximum Gasteiger partial charge on any atom is 0.185 e. The van der Waals surface area contributed by atoms with Crippen LogP contribution in [0.1, 0.15) is 50.8 Å². The molecule has 1 N–H and O–H groups in total. The average Bonchev–Trinajstić information content (AvgIpc) is 2.81. The Morgan fingerprint density at radius 1 is 1.38 bits per heavy atom. The minimum absolute atomic E-state index is 0.159. The predicted octanol–water partition coefficient (Wildman–Crippen LogP) is 2.68. The highest BCUT2D eigenvalue weighted by Crippen LogP contribution is 2.44. The van der Waals surface area contributed by atoms with Crippen molar-refractivity contribution in [1.29, 1.82) is 0 Å². The second-order valence-electron chi connectivity index (χ2n) is 7.29. The normalized spacial score (nSPS) is 29.5. The molecule has 0 saturated carbocycles. The molecule has 1 aromatic rings. The maximum atomic E-state index is 10.4. The zero-order valence-corrected chi connectivity index (χ0v) is 14.4. The number of hydrogen-bond acceptors (Lipinski definition) is 5. The first-order valence-electron chi connectivity index (χ1n) is 8.06. The smallest absolute Gasteiger partial charge is 0.185 e. The first-order valence-corrected chi connectivity index (χ1v) is 8.88. The van der Waals surface area contributed by atoms with Gasteiger partial charge in [-0.15, -0.1) is 0 Å². The monoisotopic (exact) mass is 309 g/mol. The highest BCUT2D eigenvalue weighted by molar-refractivity contribution is 7.15. The van der Waals surface area contributed by atoms with E-state index in [0.717, 1.165) is 54.7 Å². The zero-order valence-electron chi connectivity index (χ0n) is 13.6. The van der Waals surface area contributed by atoms with Gasteiger partial charge in [0, 0.05) is 25.7 Å². The Labute approximate surface area is 131 Å². The summed E-state index contributed by atoms with van der Waals surface area (Å²) >= 11 is 1.71. The summed E-state index contributed by atoms with van der Waals surface area (Å²) in [4.78, 5) is 10.9. The zero-order chi connectivity index (χ0) is 15.2. The van der Waals surface area contributed by atoms with E-state index in [0.29, 0.717) is 6.04 Å². The fourth-order valence-electron chi connectivity index (χ4n) is 3.65. The van der Waals surface area contributed by atoms with E-state index < -0.39 is 0 Å². The van der Waals surface area contributed by atoms with Crippen molar-refractivity contribution in [3.05, 3.63) is 10.6 Å². The van der Waals surface area contributed by atoms with Crippen molar-refractivity contribution in [3.8, 4) is 0 Å². The molecule has 3 rings (SSSR count). The van der Waals surface area contributed by atoms with Crippen LogP contribution in [0.15, 0.2) is 0 Å². The first kappa shape index (κ1) is 15.3. The van der Waals surface area contributed by atoms with E-state index in [1.165, 1.54) is 0 Å². The molecule has 118 valence electrons. The van der Waals surface area contributed by atoms with Gasteiger partial charge in [-0.1, -0.05) is 32.1 Å². The number of rotatable bonds is 2. The summed E-state index contributed by atoms with van der Waals surface area (Å²) in [7, 11) is 0. The van der Waals surface area contributed by atoms with E-state index in [4.69, 9.17) is 4.98 Å². The van der Waals surface area contributed by atoms with Crippen LogP contribution in [-0.4, -0.2) is 47.2 Å². The third-order valence-electron chi connectivity index (χ3n) is 4.85. The van der Waals surface area contributed by atoms with E-state index in [-0.39, 0.29) is 11.5 Å². The molecular formula is C16H27N3OS. The van der Waals surface area contributed by atoms with Gasteiger partial charge in [0.05, 0.1) is 16.7 Å². The summed E-state index contributed by atoms with van der Waals surface area (Å²) in [5.41, 5.74) is 1.29. The summed E-state index contributed by atoms with van der Waals surface area (Å²) in [5.74, 6) is 0. The van der Waals surface area contributed by atoms with Gasteiger partial charge >= 0.3 is 0 Å². The Kier molecular flexibility index (Phi) is 4.01. The molecule has 21 heavy (non-hydrogen) atoms. The van der Waals surface area contributed by atoms with E-state index >= 15 is 0 Å². The van der Waals surface area contributed by atoms with E-state index in [1.54, 1.807) is 11.3 Å². The van der Waals surface area contributed by atoms with Crippen molar-refractivity contribution in [2.75, 3.05) is 31.1 Å². The highest BCUT2D eigenvalue weighted by atomic mass is 32.1. The molecule has 1 saturated heterocycles. The summed E-state index contributed by atoms with van der Waals surface area (Å²) < 4.78 is 0. The lowest BCUT2D eigenvalue weighted by Gasteiger charge is -2.39. The van der Waals surface area contributed by atoms with Gasteiger partial charge in [-0.25, -0.2) is 4.98 Å². The molecule has 0 bridgehead atoms. The number of anilines is 1. The van der Waals surface area contributed by atoms with Crippen LogP contribution in [0.3, 0.4) is 0 Å². The summed E-state index contributed by atoms with van der Waals surface area (Å²) in [5, 5.41) is 11.5. The van der Waals surface area contributed by atoms with Crippen LogP contribution in [0.5, 0.6) is 0 Å². The van der Waals surface area contributed by atoms with Gasteiger partial charge < -0.3 is 10.0 Å². The summed E-state index contributed by atoms with van der Waals surface area (Å²) in [6.07, 6.45) is 1.51. The molecular weight excluding hydrogens is 282 g/mol. The van der Waals surface area contributed by atoms with Gasteiger partial charge in [0.25, 0.3) is 0 Å². The Hall–Kier alpha value is -0.650. The number of fused-ring (bicyclic) bond motifs is 1. The molecule has 0 spiro atoms. The summed E-state index contributed by atoms with van der Waals surface area (Å²) in [6, 6.07) is 0.575. The van der Waals surface area contributed by atoms with Gasteiger partial charge in [0.2, 0.25) is 0 Å². The minimum atomic E-state index is -0.329. The lowest BCUT2D eigenvalue weighted by atomic mass is 9.77. The number of aliphatic hydroxyl groups excluding tert-OH is 1. The Morgan fingerprint density at radius 3 is 2.81 bits per heavy atom. The number of aromatic nitrogens is 1. The van der Waals surface area contributed by atoms with Crippen molar-refractivity contribution in [1.82, 2.24) is 9.88 Å². The molecule has 2 heterocycles. The number of likely N-dealkylation sites (N-methyl/N-ethyl adjacent to an activating group) is 1. The number of aliphatic hydroxyl groups is 1. The fraction of sp³-hybridized carbons (Fsp3) is 0.812. The molecule has 1 aromatic heterocycles. The molecule has 0 amide bonds. The lowest BCUT2D eigenvalue weighted by molar-refractivity contribution is 0.102. The molecule has 1 aliphatic carbocycles. The third-order valence-corrected chi connectivity index (χ3v) is 6.11. The van der Waals surface area contributed by atoms with Crippen LogP contribution in [0.2, 0.25) is 0 Å². The third kappa shape index (κ3) is 2.96. The van der Waals surface area contributed by atoms with Crippen LogP contribution in [-0.2, 0) is 6.42 Å². The Morgan fingerprint density at radius 2 is 2.14 bits per heavy atom. The molecule has 2 aliphatic rings. The van der Waals surface area contributed by atoms with Crippen molar-refractivity contribution >= 4 is 16.5 Å². The Balaban J connectivity index is 1.79. The predicted molar refractivity (Wildman–Crippen MR) is 88.1 cm³/mol. The molecule has 4 nitrogen and oxygen atoms in total. The fourth-order valence-corrected chi connectivity index (χ4v) is 4.76. The topological polar surface area (TPSA) is 39.6 Å². The SMILES string of the molecule is CCN1CCN(c2nc3c(s2)C(O)CC(C)(C)C3)CC1C. The second kappa shape index (κ2) is 5.52. The average molecular weight is 309 g/mol. The van der Waals surface area contributed by atoms with Crippen molar-refractivity contribution < 1.29 is 5.11 Å². The van der Waals surface area contributed by atoms with Crippen molar-refractivity contribution in [3.63, 3.8) is 0 Å². The van der Waals surface area contributed by atoms with Crippen molar-refractivity contribution in [2.24, 2.45) is 5.41 Å². The van der Waals surface area contributed by atoms with Gasteiger partial charge in [-0.2, -0.15) is 0 Å². The first-order chi connectivity index (χ1) is 9.89. The van der Waals surface area contributed by atoms with Crippen LogP contribution in [0.25, 0.3) is 0 Å². The Bertz CT molecular complexity index is 514. The summed E-state index contributed by atoms with van der Waals surface area (Å²) in [6.45, 7) is 13.3. The standard InChI is InChI=1S/C16H27N3OS/c1-5-18-6-7-19(10-11(18)2)15-17-12-8-16(3,4)9-13(20)14(12)21-15/h11,13,20H,5-10H2,1-4H3. The van der Waals surface area contributed by atoms with E-state index in [2.05, 4.69) is 37.5 Å². The maximum absolute atomic E-state index is 10.4. The van der Waals surface area contributed by atoms with Crippen LogP contribution < -0.4 is 4.90 Å². The highest BCUT2D eigenvalue weighted by Gasteiger charge is 2.35. The number of piperazine rings is 1. The van der Waals surface area contributed by atoms with Crippen LogP contribution in [0, 0.1) is 5.41 Å². The number of thiazole rings is 1. The molecule has 0 aromatic carbocycles. The van der Waals surface area contributed by atoms with E-state index in [9.17, 15) is 5.11 Å². The van der Waals surface area contributed by atoms with Gasteiger partial charge in [-0.05, 0) is 31.7 Å². The number of hydrogen-bond donors (Lipinski definition) is 1. The lowest BCUT2D eigenvalue weighted by Crippen LogP contribution is -2.51. The van der Waals surface area contributed by atoms with Crippen molar-refractivity contribution in [2.45, 2.75) is 52.7 Å². The van der Waals surface area contributed by atoms with Gasteiger partial charge in [-0.3, -0.25) is 4.90 Å². The van der Waals surface area contributed by atoms with Crippen LogP contribution >= 0.6 is 11.3 Å². The van der Waals surface area contributed by atoms with E-state index in [1.807, 2.05) is 0 Å². The molecule has 2 unspecified atom stereocenters. The minimum Gasteiger partial charge on any atom is -0.387 e. The van der Waals surface area contributed by atoms with Crippen LogP contribution in [0.4, 0.5) is 5.13 Å². The molecule has 0 radical (unpaired) electrons. The molecule has 5 heteroatoms. The molecule has 2 atom stereocenters. The van der Waals surface area contributed by atoms with Gasteiger partial charge in [0.1, 0.15) is 0 Å². The molecule has 1 aliphatic heterocycles. The number of nitrogens with zero attached hydrogens (tertiary/aromatic N) is 3. The van der Waals surface area contributed by atoms with Gasteiger partial charge in [0.15, 0.2) is 5.13 Å². The molecule has 1 fully saturated rings.